The molecular weight excluding hydrogens is 234 g/mol. The fourth-order valence-corrected chi connectivity index (χ4v) is 1.53. The van der Waals surface area contributed by atoms with E-state index in [1.54, 1.807) is 43.9 Å². The Morgan fingerprint density at radius 2 is 2.11 bits per heavy atom. The summed E-state index contributed by atoms with van der Waals surface area (Å²) in [6.07, 6.45) is 3.60. The lowest BCUT2D eigenvalue weighted by molar-refractivity contribution is -0.145. The number of hydrogen-bond donors (Lipinski definition) is 2. The summed E-state index contributed by atoms with van der Waals surface area (Å²) in [5, 5.41) is 15.6. The zero-order valence-electron chi connectivity index (χ0n) is 10.9. The molecular formula is C12H19N3O3. The number of carbonyl (C=O) groups is 2. The molecule has 1 atom stereocenters. The molecule has 0 bridgehead atoms. The molecule has 0 aliphatic carbocycles. The van der Waals surface area contributed by atoms with Crippen LogP contribution >= 0.6 is 0 Å². The highest BCUT2D eigenvalue weighted by Crippen LogP contribution is 2.19. The SMILES string of the molecule is CC(C)(C)[C@H](NC(=O)CCn1cccn1)C(=O)O. The van der Waals surface area contributed by atoms with Gasteiger partial charge in [-0.2, -0.15) is 5.10 Å². The second-order valence-corrected chi connectivity index (χ2v) is 5.22. The van der Waals surface area contributed by atoms with Crippen molar-refractivity contribution in [1.29, 1.82) is 0 Å². The van der Waals surface area contributed by atoms with Gasteiger partial charge in [-0.05, 0) is 11.5 Å². The van der Waals surface area contributed by atoms with Crippen molar-refractivity contribution < 1.29 is 14.7 Å². The van der Waals surface area contributed by atoms with Crippen molar-refractivity contribution in [2.24, 2.45) is 5.41 Å². The second-order valence-electron chi connectivity index (χ2n) is 5.22. The molecule has 0 fully saturated rings. The average Bonchev–Trinajstić information content (AvgIpc) is 2.73. The number of nitrogens with zero attached hydrogens (tertiary/aromatic N) is 2. The summed E-state index contributed by atoms with van der Waals surface area (Å²) in [4.78, 5) is 22.8. The van der Waals surface area contributed by atoms with E-state index in [0.29, 0.717) is 6.54 Å². The maximum atomic E-state index is 11.7. The molecule has 0 aliphatic heterocycles. The Bertz CT molecular complexity index is 407. The van der Waals surface area contributed by atoms with Crippen LogP contribution in [0.4, 0.5) is 0 Å². The summed E-state index contributed by atoms with van der Waals surface area (Å²) in [6, 6.07) is 0.884. The van der Waals surface area contributed by atoms with Crippen LogP contribution in [0.25, 0.3) is 0 Å². The van der Waals surface area contributed by atoms with Gasteiger partial charge in [-0.3, -0.25) is 9.48 Å². The average molecular weight is 253 g/mol. The van der Waals surface area contributed by atoms with E-state index in [9.17, 15) is 9.59 Å². The molecule has 1 aromatic rings. The van der Waals surface area contributed by atoms with Gasteiger partial charge < -0.3 is 10.4 Å². The number of hydrogen-bond acceptors (Lipinski definition) is 3. The molecule has 6 nitrogen and oxygen atoms in total. The number of carbonyl (C=O) groups excluding carboxylic acids is 1. The molecule has 0 spiro atoms. The minimum atomic E-state index is -1.02. The molecule has 0 aromatic carbocycles. The van der Waals surface area contributed by atoms with Gasteiger partial charge in [0.25, 0.3) is 0 Å². The van der Waals surface area contributed by atoms with E-state index in [1.807, 2.05) is 0 Å². The first-order valence-corrected chi connectivity index (χ1v) is 5.80. The topological polar surface area (TPSA) is 84.2 Å². The van der Waals surface area contributed by atoms with Crippen LogP contribution in [-0.2, 0) is 16.1 Å². The van der Waals surface area contributed by atoms with Crippen molar-refractivity contribution >= 4 is 11.9 Å². The molecule has 0 saturated heterocycles. The van der Waals surface area contributed by atoms with Gasteiger partial charge >= 0.3 is 5.97 Å². The van der Waals surface area contributed by atoms with Gasteiger partial charge in [0.05, 0.1) is 0 Å². The first-order valence-electron chi connectivity index (χ1n) is 5.80. The molecule has 1 aromatic heterocycles. The third-order valence-electron chi connectivity index (χ3n) is 2.55. The molecule has 0 radical (unpaired) electrons. The van der Waals surface area contributed by atoms with E-state index in [2.05, 4.69) is 10.4 Å². The van der Waals surface area contributed by atoms with Crippen LogP contribution in [0.1, 0.15) is 27.2 Å². The van der Waals surface area contributed by atoms with Crippen LogP contribution in [0, 0.1) is 5.41 Å². The smallest absolute Gasteiger partial charge is 0.326 e. The van der Waals surface area contributed by atoms with Crippen LogP contribution in [0.3, 0.4) is 0 Å². The Balaban J connectivity index is 2.49. The summed E-state index contributed by atoms with van der Waals surface area (Å²) in [7, 11) is 0. The quantitative estimate of drug-likeness (QED) is 0.816. The molecule has 0 unspecified atom stereocenters. The molecule has 1 rings (SSSR count). The summed E-state index contributed by atoms with van der Waals surface area (Å²) in [5.41, 5.74) is -0.521. The molecule has 1 amide bonds. The number of carboxylic acid groups (broad SMARTS) is 1. The fraction of sp³-hybridized carbons (Fsp3) is 0.583. The van der Waals surface area contributed by atoms with Crippen molar-refractivity contribution in [3.63, 3.8) is 0 Å². The van der Waals surface area contributed by atoms with E-state index in [4.69, 9.17) is 5.11 Å². The first kappa shape index (κ1) is 14.2. The van der Waals surface area contributed by atoms with E-state index < -0.39 is 17.4 Å². The number of aryl methyl sites for hydroxylation is 1. The van der Waals surface area contributed by atoms with Gasteiger partial charge in [-0.25, -0.2) is 4.79 Å². The van der Waals surface area contributed by atoms with Gasteiger partial charge in [0.15, 0.2) is 0 Å². The van der Waals surface area contributed by atoms with Crippen molar-refractivity contribution in [2.75, 3.05) is 0 Å². The van der Waals surface area contributed by atoms with Crippen LogP contribution in [0.5, 0.6) is 0 Å². The number of nitrogens with one attached hydrogen (secondary N) is 1. The fourth-order valence-electron chi connectivity index (χ4n) is 1.53. The summed E-state index contributed by atoms with van der Waals surface area (Å²) < 4.78 is 1.63. The first-order chi connectivity index (χ1) is 8.30. The monoisotopic (exact) mass is 253 g/mol. The van der Waals surface area contributed by atoms with Crippen molar-refractivity contribution in [1.82, 2.24) is 15.1 Å². The highest BCUT2D eigenvalue weighted by molar-refractivity contribution is 5.84. The lowest BCUT2D eigenvalue weighted by Crippen LogP contribution is -2.49. The zero-order chi connectivity index (χ0) is 13.8. The Kier molecular flexibility index (Phi) is 4.47. The van der Waals surface area contributed by atoms with Gasteiger partial charge in [0, 0.05) is 25.4 Å². The summed E-state index contributed by atoms with van der Waals surface area (Å²) in [5.74, 6) is -1.30. The van der Waals surface area contributed by atoms with Gasteiger partial charge in [-0.15, -0.1) is 0 Å². The minimum absolute atomic E-state index is 0.210. The lowest BCUT2D eigenvalue weighted by Gasteiger charge is -2.27. The number of aromatic nitrogens is 2. The third-order valence-corrected chi connectivity index (χ3v) is 2.55. The highest BCUT2D eigenvalue weighted by Gasteiger charge is 2.32. The maximum Gasteiger partial charge on any atom is 0.326 e. The van der Waals surface area contributed by atoms with Crippen molar-refractivity contribution in [2.45, 2.75) is 39.8 Å². The van der Waals surface area contributed by atoms with Crippen LogP contribution in [0.15, 0.2) is 18.5 Å². The maximum absolute atomic E-state index is 11.7. The van der Waals surface area contributed by atoms with Gasteiger partial charge in [0.1, 0.15) is 6.04 Å². The number of rotatable bonds is 5. The lowest BCUT2D eigenvalue weighted by atomic mass is 9.86. The molecule has 18 heavy (non-hydrogen) atoms. The van der Waals surface area contributed by atoms with Crippen LogP contribution < -0.4 is 5.32 Å². The Morgan fingerprint density at radius 3 is 2.56 bits per heavy atom. The van der Waals surface area contributed by atoms with E-state index in [1.165, 1.54) is 0 Å². The van der Waals surface area contributed by atoms with Gasteiger partial charge in [0.2, 0.25) is 5.91 Å². The predicted octanol–water partition coefficient (Wildman–Crippen LogP) is 0.889. The number of carboxylic acids is 1. The molecule has 1 heterocycles. The van der Waals surface area contributed by atoms with Crippen molar-refractivity contribution in [3.8, 4) is 0 Å². The van der Waals surface area contributed by atoms with E-state index in [-0.39, 0.29) is 12.3 Å². The molecule has 6 heteroatoms. The third kappa shape index (κ3) is 4.20. The normalized spacial score (nSPS) is 13.1. The van der Waals surface area contributed by atoms with Crippen molar-refractivity contribution in [3.05, 3.63) is 18.5 Å². The molecule has 2 N–H and O–H groups in total. The molecule has 0 aliphatic rings. The Morgan fingerprint density at radius 1 is 1.44 bits per heavy atom. The highest BCUT2D eigenvalue weighted by atomic mass is 16.4. The zero-order valence-corrected chi connectivity index (χ0v) is 10.9. The Hall–Kier alpha value is -1.85. The second kappa shape index (κ2) is 5.66. The minimum Gasteiger partial charge on any atom is -0.480 e. The summed E-state index contributed by atoms with van der Waals surface area (Å²) >= 11 is 0. The van der Waals surface area contributed by atoms with Gasteiger partial charge in [-0.1, -0.05) is 20.8 Å². The number of amides is 1. The molecule has 100 valence electrons. The standard InChI is InChI=1S/C12H19N3O3/c1-12(2,3)10(11(17)18)14-9(16)5-8-15-7-4-6-13-15/h4,6-7,10H,5,8H2,1-3H3,(H,14,16)(H,17,18)/t10-/m1/s1. The van der Waals surface area contributed by atoms with E-state index >= 15 is 0 Å². The Labute approximate surface area is 106 Å². The molecule has 0 saturated carbocycles. The van der Waals surface area contributed by atoms with Crippen LogP contribution in [0.2, 0.25) is 0 Å². The van der Waals surface area contributed by atoms with E-state index in [0.717, 1.165) is 0 Å². The summed E-state index contributed by atoms with van der Waals surface area (Å²) in [6.45, 7) is 5.77. The number of aliphatic carboxylic acids is 1. The van der Waals surface area contributed by atoms with Crippen LogP contribution in [-0.4, -0.2) is 32.8 Å². The predicted molar refractivity (Wildman–Crippen MR) is 65.9 cm³/mol. The largest absolute Gasteiger partial charge is 0.480 e.